The van der Waals surface area contributed by atoms with E-state index in [1.54, 1.807) is 26.0 Å². The third-order valence-electron chi connectivity index (χ3n) is 5.00. The molecule has 0 radical (unpaired) electrons. The average molecular weight is 392 g/mol. The fraction of sp³-hybridized carbons (Fsp3) is 0.444. The number of benzene rings is 1. The molecule has 2 N–H and O–H groups in total. The Balaban J connectivity index is 1.92. The van der Waals surface area contributed by atoms with Crippen LogP contribution in [0.3, 0.4) is 0 Å². The molecular weight excluding hydrogens is 372 g/mol. The number of Topliss-reactive ketones (excluding diaryl/α,β-unsaturated/α-hetero) is 1. The Morgan fingerprint density at radius 2 is 1.81 bits per heavy atom. The first-order chi connectivity index (χ1) is 12.6. The summed E-state index contributed by atoms with van der Waals surface area (Å²) in [5, 5.41) is 11.3. The number of carbonyl (C=O) groups is 4. The lowest BCUT2D eigenvalue weighted by Gasteiger charge is -2.51. The van der Waals surface area contributed by atoms with Gasteiger partial charge in [0.05, 0.1) is 7.11 Å². The van der Waals surface area contributed by atoms with Gasteiger partial charge >= 0.3 is 5.97 Å². The number of carbonyl (C=O) groups excluding carboxylic acids is 3. The Kier molecular flexibility index (Phi) is 4.46. The first-order valence-corrected chi connectivity index (χ1v) is 9.15. The van der Waals surface area contributed by atoms with Crippen LogP contribution in [0.2, 0.25) is 0 Å². The van der Waals surface area contributed by atoms with Crippen molar-refractivity contribution in [2.75, 3.05) is 7.11 Å². The topological polar surface area (TPSA) is 113 Å². The molecule has 1 aromatic rings. The normalized spacial score (nSPS) is 28.1. The number of nitrogens with one attached hydrogen (secondary N) is 1. The maximum absolute atomic E-state index is 12.9. The summed E-state index contributed by atoms with van der Waals surface area (Å²) < 4.78 is 4.25. The summed E-state index contributed by atoms with van der Waals surface area (Å²) in [6.07, 6.45) is 0. The van der Waals surface area contributed by atoms with Gasteiger partial charge in [-0.25, -0.2) is 4.79 Å². The van der Waals surface area contributed by atoms with Gasteiger partial charge in [-0.3, -0.25) is 14.4 Å². The van der Waals surface area contributed by atoms with Crippen LogP contribution in [0.4, 0.5) is 0 Å². The first kappa shape index (κ1) is 19.2. The Hall–Kier alpha value is -2.55. The molecule has 2 aliphatic heterocycles. The second kappa shape index (κ2) is 6.26. The molecule has 3 rings (SSSR count). The number of fused-ring (bicyclic) bond motifs is 1. The largest absolute Gasteiger partial charge is 0.497 e. The van der Waals surface area contributed by atoms with Gasteiger partial charge in [0.2, 0.25) is 5.54 Å². The number of nitrogens with zero attached hydrogens (tertiary/aromatic N) is 1. The van der Waals surface area contributed by atoms with Gasteiger partial charge < -0.3 is 20.1 Å². The second-order valence-electron chi connectivity index (χ2n) is 7.07. The second-order valence-corrected chi connectivity index (χ2v) is 8.81. The summed E-state index contributed by atoms with van der Waals surface area (Å²) in [5.74, 6) is -2.37. The van der Waals surface area contributed by atoms with E-state index in [2.05, 4.69) is 5.32 Å². The van der Waals surface area contributed by atoms with Crippen LogP contribution in [0.1, 0.15) is 31.1 Å². The number of aliphatic carboxylic acids is 1. The molecule has 0 unspecified atom stereocenters. The smallest absolute Gasteiger partial charge is 0.327 e. The molecule has 0 aliphatic carbocycles. The van der Waals surface area contributed by atoms with Crippen LogP contribution in [0.15, 0.2) is 24.3 Å². The maximum Gasteiger partial charge on any atom is 0.327 e. The highest BCUT2D eigenvalue weighted by Gasteiger charge is 2.74. The molecule has 0 saturated carbocycles. The average Bonchev–Trinajstić information content (AvgIpc) is 2.88. The minimum Gasteiger partial charge on any atom is -0.497 e. The van der Waals surface area contributed by atoms with E-state index in [1.807, 2.05) is 0 Å². The monoisotopic (exact) mass is 392 g/mol. The molecule has 3 atom stereocenters. The number of amides is 2. The number of carboxylic acid groups (broad SMARTS) is 1. The van der Waals surface area contributed by atoms with Crippen molar-refractivity contribution in [3.8, 4) is 5.75 Å². The molecule has 0 bridgehead atoms. The van der Waals surface area contributed by atoms with Gasteiger partial charge in [0.1, 0.15) is 17.2 Å². The number of ether oxygens (including phenoxy) is 1. The van der Waals surface area contributed by atoms with Crippen molar-refractivity contribution in [1.82, 2.24) is 10.2 Å². The molecule has 0 spiro atoms. The lowest BCUT2D eigenvalue weighted by Crippen LogP contribution is -2.82. The SMILES string of the molecule is COc1ccc(C(=O)N[C@@]2(C(C)=O)C(=O)N3[C@@H](C(=O)O)C(C)(C)S[C@@H]32)cc1. The van der Waals surface area contributed by atoms with Crippen molar-refractivity contribution in [3.63, 3.8) is 0 Å². The third-order valence-corrected chi connectivity index (χ3v) is 6.63. The summed E-state index contributed by atoms with van der Waals surface area (Å²) in [6.45, 7) is 4.64. The summed E-state index contributed by atoms with van der Waals surface area (Å²) in [4.78, 5) is 50.8. The van der Waals surface area contributed by atoms with E-state index in [0.717, 1.165) is 0 Å². The van der Waals surface area contributed by atoms with Crippen molar-refractivity contribution in [2.24, 2.45) is 0 Å². The standard InChI is InChI=1S/C18H20N2O6S/c1-9(21)18(19-13(22)10-5-7-11(26-4)8-6-10)15(25)20-12(14(23)24)17(2,3)27-16(18)20/h5-8,12,16H,1-4H3,(H,19,22)(H,23,24)/t12-,16+,18-/m0/s1. The maximum atomic E-state index is 12.9. The van der Waals surface area contributed by atoms with E-state index in [4.69, 9.17) is 4.74 Å². The highest BCUT2D eigenvalue weighted by atomic mass is 32.2. The fourth-order valence-corrected chi connectivity index (χ4v) is 5.33. The predicted molar refractivity (Wildman–Crippen MR) is 97.6 cm³/mol. The third kappa shape index (κ3) is 2.68. The van der Waals surface area contributed by atoms with E-state index < -0.39 is 45.3 Å². The number of hydrogen-bond donors (Lipinski definition) is 2. The van der Waals surface area contributed by atoms with Crippen molar-refractivity contribution in [1.29, 1.82) is 0 Å². The number of carboxylic acids is 1. The minimum atomic E-state index is -1.76. The molecule has 2 amide bonds. The lowest BCUT2D eigenvalue weighted by atomic mass is 9.81. The first-order valence-electron chi connectivity index (χ1n) is 8.27. The molecule has 2 heterocycles. The van der Waals surface area contributed by atoms with Crippen LogP contribution in [-0.4, -0.2) is 62.4 Å². The lowest BCUT2D eigenvalue weighted by molar-refractivity contribution is -0.170. The summed E-state index contributed by atoms with van der Waals surface area (Å²) >= 11 is 1.21. The Labute approximate surface area is 160 Å². The van der Waals surface area contributed by atoms with Crippen molar-refractivity contribution >= 4 is 35.3 Å². The van der Waals surface area contributed by atoms with Crippen LogP contribution in [0.25, 0.3) is 0 Å². The molecule has 2 aliphatic rings. The van der Waals surface area contributed by atoms with Crippen molar-refractivity contribution in [2.45, 2.75) is 42.5 Å². The number of hydrogen-bond acceptors (Lipinski definition) is 6. The molecule has 8 nitrogen and oxygen atoms in total. The van der Waals surface area contributed by atoms with E-state index in [0.29, 0.717) is 5.75 Å². The van der Waals surface area contributed by atoms with Crippen LogP contribution >= 0.6 is 11.8 Å². The Morgan fingerprint density at radius 3 is 2.30 bits per heavy atom. The molecule has 1 aromatic carbocycles. The van der Waals surface area contributed by atoms with Gasteiger partial charge in [-0.05, 0) is 45.0 Å². The number of methoxy groups -OCH3 is 1. The number of β-lactam (4-membered cyclic amide) rings is 1. The van der Waals surface area contributed by atoms with Gasteiger partial charge in [-0.1, -0.05) is 0 Å². The molecule has 27 heavy (non-hydrogen) atoms. The number of rotatable bonds is 5. The van der Waals surface area contributed by atoms with Crippen LogP contribution in [-0.2, 0) is 14.4 Å². The van der Waals surface area contributed by atoms with Crippen LogP contribution < -0.4 is 10.1 Å². The Morgan fingerprint density at radius 1 is 1.22 bits per heavy atom. The highest BCUT2D eigenvalue weighted by molar-refractivity contribution is 8.01. The minimum absolute atomic E-state index is 0.264. The van der Waals surface area contributed by atoms with Crippen molar-refractivity contribution in [3.05, 3.63) is 29.8 Å². The molecule has 2 fully saturated rings. The highest BCUT2D eigenvalue weighted by Crippen LogP contribution is 2.55. The summed E-state index contributed by atoms with van der Waals surface area (Å²) in [7, 11) is 1.50. The van der Waals surface area contributed by atoms with E-state index >= 15 is 0 Å². The van der Waals surface area contributed by atoms with E-state index in [-0.39, 0.29) is 5.56 Å². The zero-order valence-corrected chi connectivity index (χ0v) is 16.1. The molecule has 2 saturated heterocycles. The quantitative estimate of drug-likeness (QED) is 0.565. The summed E-state index contributed by atoms with van der Waals surface area (Å²) in [5.41, 5.74) is -1.50. The van der Waals surface area contributed by atoms with E-state index in [1.165, 1.54) is 42.8 Å². The van der Waals surface area contributed by atoms with Gasteiger partial charge in [0, 0.05) is 10.3 Å². The van der Waals surface area contributed by atoms with Crippen LogP contribution in [0.5, 0.6) is 5.75 Å². The van der Waals surface area contributed by atoms with Crippen LogP contribution in [0, 0.1) is 0 Å². The molecule has 144 valence electrons. The van der Waals surface area contributed by atoms with Gasteiger partial charge in [0.15, 0.2) is 5.78 Å². The predicted octanol–water partition coefficient (Wildman–Crippen LogP) is 0.900. The van der Waals surface area contributed by atoms with Gasteiger partial charge in [-0.2, -0.15) is 0 Å². The van der Waals surface area contributed by atoms with E-state index in [9.17, 15) is 24.3 Å². The Bertz CT molecular complexity index is 837. The molecular formula is C18H20N2O6S. The summed E-state index contributed by atoms with van der Waals surface area (Å²) in [6, 6.07) is 5.17. The van der Waals surface area contributed by atoms with Crippen molar-refractivity contribution < 1.29 is 29.0 Å². The molecule has 9 heteroatoms. The van der Waals surface area contributed by atoms with Gasteiger partial charge in [-0.15, -0.1) is 11.8 Å². The molecule has 0 aromatic heterocycles. The zero-order valence-electron chi connectivity index (χ0n) is 15.3. The number of ketones is 1. The number of thioether (sulfide) groups is 1. The van der Waals surface area contributed by atoms with Gasteiger partial charge in [0.25, 0.3) is 11.8 Å². The zero-order chi connectivity index (χ0) is 20.1. The fourth-order valence-electron chi connectivity index (χ4n) is 3.58.